The molecule has 0 aliphatic carbocycles. The number of hydrazine groups is 1. The van der Waals surface area contributed by atoms with Gasteiger partial charge >= 0.3 is 0 Å². The normalized spacial score (nSPS) is 11.4. The second-order valence-electron chi connectivity index (χ2n) is 3.04. The Labute approximate surface area is 93.3 Å². The Bertz CT molecular complexity index is 340. The number of hydrogen-bond donors (Lipinski definition) is 4. The van der Waals surface area contributed by atoms with Gasteiger partial charge in [-0.05, 0) is 13.0 Å². The molecule has 0 saturated carbocycles. The van der Waals surface area contributed by atoms with Crippen molar-refractivity contribution in [1.29, 1.82) is 0 Å². The summed E-state index contributed by atoms with van der Waals surface area (Å²) in [7, 11) is -3.97. The molecule has 5 N–H and O–H groups in total. The minimum Gasteiger partial charge on any atom is -0.310 e. The van der Waals surface area contributed by atoms with Crippen molar-refractivity contribution in [2.75, 3.05) is 25.4 Å². The Morgan fingerprint density at radius 3 is 2.25 bits per heavy atom. The molecular formula is C7H15N3O5S. The molecule has 0 amide bonds. The standard InChI is InChI=1S/C7H15N3O5S/c8-10-5-7(12)6(11)4-9-2-1-3-16(13,14)15/h9-10H,1-5,8H2,(H,13,14,15). The summed E-state index contributed by atoms with van der Waals surface area (Å²) < 4.78 is 29.0. The van der Waals surface area contributed by atoms with E-state index < -0.39 is 21.7 Å². The topological polar surface area (TPSA) is 139 Å². The molecule has 8 nitrogen and oxygen atoms in total. The quantitative estimate of drug-likeness (QED) is 0.116. The molecule has 0 saturated heterocycles. The molecule has 0 aromatic rings. The molecule has 0 rings (SSSR count). The van der Waals surface area contributed by atoms with Gasteiger partial charge in [-0.3, -0.25) is 25.4 Å². The maximum absolute atomic E-state index is 11.0. The minimum atomic E-state index is -3.97. The number of hydrogen-bond acceptors (Lipinski definition) is 7. The van der Waals surface area contributed by atoms with E-state index in [9.17, 15) is 18.0 Å². The Kier molecular flexibility index (Phi) is 7.01. The summed E-state index contributed by atoms with van der Waals surface area (Å²) in [6, 6.07) is 0. The van der Waals surface area contributed by atoms with Crippen molar-refractivity contribution < 1.29 is 22.6 Å². The van der Waals surface area contributed by atoms with Crippen molar-refractivity contribution in [3.8, 4) is 0 Å². The van der Waals surface area contributed by atoms with Gasteiger partial charge in [0.2, 0.25) is 11.6 Å². The Morgan fingerprint density at radius 1 is 1.19 bits per heavy atom. The van der Waals surface area contributed by atoms with E-state index in [-0.39, 0.29) is 31.8 Å². The first-order valence-electron chi connectivity index (χ1n) is 4.52. The highest BCUT2D eigenvalue weighted by atomic mass is 32.2. The SMILES string of the molecule is NNCC(=O)C(=O)CNCCCS(=O)(=O)O. The van der Waals surface area contributed by atoms with Crippen molar-refractivity contribution in [3.63, 3.8) is 0 Å². The molecular weight excluding hydrogens is 238 g/mol. The van der Waals surface area contributed by atoms with Crippen LogP contribution in [0.5, 0.6) is 0 Å². The van der Waals surface area contributed by atoms with Crippen LogP contribution >= 0.6 is 0 Å². The summed E-state index contributed by atoms with van der Waals surface area (Å²) in [5, 5.41) is 2.58. The van der Waals surface area contributed by atoms with E-state index >= 15 is 0 Å². The van der Waals surface area contributed by atoms with Crippen LogP contribution in [0.3, 0.4) is 0 Å². The van der Waals surface area contributed by atoms with Gasteiger partial charge in [0, 0.05) is 0 Å². The molecule has 0 unspecified atom stereocenters. The molecule has 0 bridgehead atoms. The van der Waals surface area contributed by atoms with Crippen LogP contribution in [0, 0.1) is 0 Å². The summed E-state index contributed by atoms with van der Waals surface area (Å²) in [6.07, 6.45) is 0.162. The monoisotopic (exact) mass is 253 g/mol. The van der Waals surface area contributed by atoms with Crippen molar-refractivity contribution in [2.45, 2.75) is 6.42 Å². The van der Waals surface area contributed by atoms with Gasteiger partial charge in [-0.1, -0.05) is 0 Å². The van der Waals surface area contributed by atoms with Gasteiger partial charge in [0.05, 0.1) is 18.8 Å². The predicted octanol–water partition coefficient (Wildman–Crippen LogP) is -2.54. The molecule has 0 heterocycles. The van der Waals surface area contributed by atoms with Crippen molar-refractivity contribution >= 4 is 21.7 Å². The fourth-order valence-corrected chi connectivity index (χ4v) is 1.38. The van der Waals surface area contributed by atoms with Crippen LogP contribution in [0.2, 0.25) is 0 Å². The summed E-state index contributed by atoms with van der Waals surface area (Å²) in [5.41, 5.74) is 2.06. The van der Waals surface area contributed by atoms with E-state index in [4.69, 9.17) is 10.4 Å². The average Bonchev–Trinajstić information content (AvgIpc) is 2.15. The first-order chi connectivity index (χ1) is 7.37. The highest BCUT2D eigenvalue weighted by Gasteiger charge is 2.11. The van der Waals surface area contributed by atoms with Crippen LogP contribution in [-0.2, 0) is 19.7 Å². The van der Waals surface area contributed by atoms with Crippen LogP contribution in [0.15, 0.2) is 0 Å². The molecule has 0 atom stereocenters. The predicted molar refractivity (Wildman–Crippen MR) is 56.1 cm³/mol. The number of carbonyl (C=O) groups is 2. The second kappa shape index (κ2) is 7.41. The highest BCUT2D eigenvalue weighted by Crippen LogP contribution is 1.86. The van der Waals surface area contributed by atoms with Crippen LogP contribution < -0.4 is 16.6 Å². The minimum absolute atomic E-state index is 0.162. The molecule has 0 fully saturated rings. The average molecular weight is 253 g/mol. The van der Waals surface area contributed by atoms with E-state index in [1.54, 1.807) is 0 Å². The third kappa shape index (κ3) is 8.44. The second-order valence-corrected chi connectivity index (χ2v) is 4.62. The van der Waals surface area contributed by atoms with Gasteiger partial charge in [0.1, 0.15) is 0 Å². The molecule has 94 valence electrons. The summed E-state index contributed by atoms with van der Waals surface area (Å²) >= 11 is 0. The van der Waals surface area contributed by atoms with E-state index in [1.165, 1.54) is 0 Å². The first-order valence-corrected chi connectivity index (χ1v) is 6.13. The lowest BCUT2D eigenvalue weighted by atomic mass is 10.2. The van der Waals surface area contributed by atoms with Crippen LogP contribution in [0.1, 0.15) is 6.42 Å². The molecule has 0 radical (unpaired) electrons. The number of ketones is 2. The lowest BCUT2D eigenvalue weighted by molar-refractivity contribution is -0.135. The molecule has 0 aliphatic heterocycles. The lowest BCUT2D eigenvalue weighted by Crippen LogP contribution is -2.37. The van der Waals surface area contributed by atoms with Gasteiger partial charge in [0.15, 0.2) is 0 Å². The van der Waals surface area contributed by atoms with Crippen LogP contribution in [0.4, 0.5) is 0 Å². The first kappa shape index (κ1) is 15.1. The van der Waals surface area contributed by atoms with E-state index in [0.717, 1.165) is 0 Å². The molecule has 9 heteroatoms. The van der Waals surface area contributed by atoms with Gasteiger partial charge in [-0.25, -0.2) is 0 Å². The van der Waals surface area contributed by atoms with E-state index in [0.29, 0.717) is 0 Å². The zero-order valence-electron chi connectivity index (χ0n) is 8.60. The Balaban J connectivity index is 3.60. The van der Waals surface area contributed by atoms with Gasteiger partial charge < -0.3 is 5.32 Å². The highest BCUT2D eigenvalue weighted by molar-refractivity contribution is 7.85. The molecule has 0 spiro atoms. The Morgan fingerprint density at radius 2 is 1.75 bits per heavy atom. The number of Topliss-reactive ketones (excluding diaryl/α,β-unsaturated/α-hetero) is 2. The van der Waals surface area contributed by atoms with Crippen LogP contribution in [-0.4, -0.2) is 49.9 Å². The maximum atomic E-state index is 11.0. The number of rotatable bonds is 9. The third-order valence-electron chi connectivity index (χ3n) is 1.62. The fraction of sp³-hybridized carbons (Fsp3) is 0.714. The van der Waals surface area contributed by atoms with E-state index in [1.807, 2.05) is 0 Å². The van der Waals surface area contributed by atoms with Gasteiger partial charge in [0.25, 0.3) is 10.1 Å². The van der Waals surface area contributed by atoms with Crippen LogP contribution in [0.25, 0.3) is 0 Å². The van der Waals surface area contributed by atoms with Crippen molar-refractivity contribution in [2.24, 2.45) is 5.84 Å². The lowest BCUT2D eigenvalue weighted by Gasteiger charge is -2.02. The smallest absolute Gasteiger partial charge is 0.264 e. The van der Waals surface area contributed by atoms with Crippen molar-refractivity contribution in [3.05, 3.63) is 0 Å². The fourth-order valence-electron chi connectivity index (χ4n) is 0.871. The van der Waals surface area contributed by atoms with Gasteiger partial charge in [-0.15, -0.1) is 0 Å². The van der Waals surface area contributed by atoms with Crippen molar-refractivity contribution in [1.82, 2.24) is 10.7 Å². The zero-order chi connectivity index (χ0) is 12.6. The third-order valence-corrected chi connectivity index (χ3v) is 2.42. The largest absolute Gasteiger partial charge is 0.310 e. The molecule has 0 aromatic carbocycles. The van der Waals surface area contributed by atoms with Gasteiger partial charge in [-0.2, -0.15) is 8.42 Å². The zero-order valence-corrected chi connectivity index (χ0v) is 9.42. The maximum Gasteiger partial charge on any atom is 0.264 e. The summed E-state index contributed by atoms with van der Waals surface area (Å²) in [4.78, 5) is 21.9. The van der Waals surface area contributed by atoms with E-state index in [2.05, 4.69) is 10.7 Å². The molecule has 0 aliphatic rings. The number of nitrogens with two attached hydrogens (primary N) is 1. The molecule has 0 aromatic heterocycles. The summed E-state index contributed by atoms with van der Waals surface area (Å²) in [5.74, 6) is 3.19. The molecule has 16 heavy (non-hydrogen) atoms. The Hall–Kier alpha value is -0.870. The number of nitrogens with one attached hydrogen (secondary N) is 2. The summed E-state index contributed by atoms with van der Waals surface area (Å²) in [6.45, 7) is -0.188. The number of carbonyl (C=O) groups excluding carboxylic acids is 2.